The van der Waals surface area contributed by atoms with Crippen LogP contribution in [0.2, 0.25) is 5.02 Å². The molecule has 0 bridgehead atoms. The highest BCUT2D eigenvalue weighted by Crippen LogP contribution is 2.20. The lowest BCUT2D eigenvalue weighted by Gasteiger charge is -2.17. The van der Waals surface area contributed by atoms with Crippen molar-refractivity contribution in [1.29, 1.82) is 0 Å². The molecule has 116 valence electrons. The Labute approximate surface area is 138 Å². The first-order valence-corrected chi connectivity index (χ1v) is 7.91. The topological polar surface area (TPSA) is 66.4 Å². The molecule has 0 spiro atoms. The number of carbonyl (C=O) groups is 2. The molecule has 0 aliphatic rings. The van der Waals surface area contributed by atoms with Gasteiger partial charge in [0.25, 0.3) is 5.91 Å². The molecule has 1 amide bonds. The first-order chi connectivity index (χ1) is 9.77. The van der Waals surface area contributed by atoms with Gasteiger partial charge < -0.3 is 10.4 Å². The molecule has 0 radical (unpaired) electrons. The maximum Gasteiger partial charge on any atom is 0.303 e. The summed E-state index contributed by atoms with van der Waals surface area (Å²) in [6, 6.07) is 4.95. The Morgan fingerprint density at radius 1 is 1.33 bits per heavy atom. The second-order valence-electron chi connectivity index (χ2n) is 5.46. The molecule has 0 fully saturated rings. The summed E-state index contributed by atoms with van der Waals surface area (Å²) in [6.07, 6.45) is 0.809. The zero-order valence-electron chi connectivity index (χ0n) is 12.0. The summed E-state index contributed by atoms with van der Waals surface area (Å²) in [5.74, 6) is -0.793. The third-order valence-corrected chi connectivity index (χ3v) is 3.62. The normalized spacial score (nSPS) is 12.2. The van der Waals surface area contributed by atoms with Crippen LogP contribution in [-0.4, -0.2) is 23.5 Å². The minimum absolute atomic E-state index is 0.0533. The summed E-state index contributed by atoms with van der Waals surface area (Å²) < 4.78 is 0.726. The van der Waals surface area contributed by atoms with Crippen LogP contribution in [0.5, 0.6) is 0 Å². The molecule has 0 saturated heterocycles. The van der Waals surface area contributed by atoms with E-state index in [2.05, 4.69) is 21.2 Å². The van der Waals surface area contributed by atoms with Crippen LogP contribution in [0, 0.1) is 11.8 Å². The van der Waals surface area contributed by atoms with Gasteiger partial charge in [-0.15, -0.1) is 0 Å². The van der Waals surface area contributed by atoms with Crippen LogP contribution in [0.4, 0.5) is 0 Å². The summed E-state index contributed by atoms with van der Waals surface area (Å²) in [7, 11) is 0. The summed E-state index contributed by atoms with van der Waals surface area (Å²) in [5, 5.41) is 12.2. The van der Waals surface area contributed by atoms with E-state index in [1.807, 2.05) is 13.8 Å². The Hall–Kier alpha value is -1.07. The van der Waals surface area contributed by atoms with Gasteiger partial charge in [0, 0.05) is 28.0 Å². The summed E-state index contributed by atoms with van der Waals surface area (Å²) in [5.41, 5.74) is 0.452. The van der Waals surface area contributed by atoms with Crippen molar-refractivity contribution in [3.05, 3.63) is 33.3 Å². The number of hydrogen-bond acceptors (Lipinski definition) is 2. The van der Waals surface area contributed by atoms with Gasteiger partial charge in [0.05, 0.1) is 0 Å². The van der Waals surface area contributed by atoms with Gasteiger partial charge in [0.1, 0.15) is 0 Å². The van der Waals surface area contributed by atoms with E-state index in [-0.39, 0.29) is 18.2 Å². The van der Waals surface area contributed by atoms with Crippen LogP contribution in [-0.2, 0) is 4.79 Å². The third kappa shape index (κ3) is 6.96. The maximum absolute atomic E-state index is 12.1. The Morgan fingerprint density at radius 2 is 2.00 bits per heavy atom. The van der Waals surface area contributed by atoms with Crippen molar-refractivity contribution in [2.45, 2.75) is 26.7 Å². The van der Waals surface area contributed by atoms with Gasteiger partial charge in [-0.2, -0.15) is 0 Å². The summed E-state index contributed by atoms with van der Waals surface area (Å²) in [6.45, 7) is 4.41. The number of carboxylic acids is 1. The van der Waals surface area contributed by atoms with Crippen LogP contribution in [0.3, 0.4) is 0 Å². The van der Waals surface area contributed by atoms with Gasteiger partial charge in [0.15, 0.2) is 0 Å². The SMILES string of the molecule is CC(C)C[C@H](CNC(=O)c1cc(Cl)cc(Br)c1)CC(=O)O. The monoisotopic (exact) mass is 375 g/mol. The number of nitrogens with one attached hydrogen (secondary N) is 1. The largest absolute Gasteiger partial charge is 0.481 e. The second kappa shape index (κ2) is 8.39. The van der Waals surface area contributed by atoms with Crippen molar-refractivity contribution in [3.63, 3.8) is 0 Å². The molecule has 4 nitrogen and oxygen atoms in total. The molecule has 0 aliphatic carbocycles. The standard InChI is InChI=1S/C15H19BrClNO3/c1-9(2)3-10(4-14(19)20)8-18-15(21)11-5-12(16)7-13(17)6-11/h5-7,9-10H,3-4,8H2,1-2H3,(H,18,21)(H,19,20)/t10-/m0/s1. The highest BCUT2D eigenvalue weighted by atomic mass is 79.9. The molecule has 1 rings (SSSR count). The van der Waals surface area contributed by atoms with Crippen molar-refractivity contribution in [2.75, 3.05) is 6.54 Å². The lowest BCUT2D eigenvalue weighted by Crippen LogP contribution is -2.31. The number of halogens is 2. The molecule has 0 heterocycles. The number of carbonyl (C=O) groups excluding carboxylic acids is 1. The number of benzene rings is 1. The van der Waals surface area contributed by atoms with Gasteiger partial charge in [-0.1, -0.05) is 41.4 Å². The van der Waals surface area contributed by atoms with E-state index in [1.54, 1.807) is 18.2 Å². The smallest absolute Gasteiger partial charge is 0.303 e. The van der Waals surface area contributed by atoms with Crippen molar-refractivity contribution >= 4 is 39.4 Å². The van der Waals surface area contributed by atoms with Crippen LogP contribution in [0.15, 0.2) is 22.7 Å². The van der Waals surface area contributed by atoms with E-state index in [4.69, 9.17) is 16.7 Å². The predicted molar refractivity (Wildman–Crippen MR) is 86.7 cm³/mol. The van der Waals surface area contributed by atoms with Crippen LogP contribution >= 0.6 is 27.5 Å². The van der Waals surface area contributed by atoms with Crippen molar-refractivity contribution in [2.24, 2.45) is 11.8 Å². The quantitative estimate of drug-likeness (QED) is 0.756. The van der Waals surface area contributed by atoms with Crippen LogP contribution < -0.4 is 5.32 Å². The number of aliphatic carboxylic acids is 1. The second-order valence-corrected chi connectivity index (χ2v) is 6.81. The molecule has 6 heteroatoms. The first kappa shape index (κ1) is 18.0. The Bertz CT molecular complexity index is 499. The van der Waals surface area contributed by atoms with Gasteiger partial charge in [-0.05, 0) is 36.5 Å². The van der Waals surface area contributed by atoms with E-state index in [1.165, 1.54) is 0 Å². The Morgan fingerprint density at radius 3 is 2.52 bits per heavy atom. The zero-order chi connectivity index (χ0) is 16.0. The molecule has 0 unspecified atom stereocenters. The Kier molecular flexibility index (Phi) is 7.18. The molecule has 1 aromatic rings. The van der Waals surface area contributed by atoms with Gasteiger partial charge >= 0.3 is 5.97 Å². The molecule has 2 N–H and O–H groups in total. The molecule has 21 heavy (non-hydrogen) atoms. The fourth-order valence-corrected chi connectivity index (χ4v) is 3.04. The fraction of sp³-hybridized carbons (Fsp3) is 0.467. The molecule has 1 aromatic carbocycles. The zero-order valence-corrected chi connectivity index (χ0v) is 14.4. The summed E-state index contributed by atoms with van der Waals surface area (Å²) in [4.78, 5) is 22.9. The lowest BCUT2D eigenvalue weighted by atomic mass is 9.94. The molecule has 0 saturated carbocycles. The third-order valence-electron chi connectivity index (χ3n) is 2.94. The first-order valence-electron chi connectivity index (χ1n) is 6.74. The maximum atomic E-state index is 12.1. The number of carboxylic acid groups (broad SMARTS) is 1. The fourth-order valence-electron chi connectivity index (χ4n) is 2.18. The number of hydrogen-bond donors (Lipinski definition) is 2. The molecular weight excluding hydrogens is 358 g/mol. The molecule has 0 aliphatic heterocycles. The van der Waals surface area contributed by atoms with Crippen LogP contribution in [0.25, 0.3) is 0 Å². The molecule has 1 atom stereocenters. The van der Waals surface area contributed by atoms with Crippen molar-refractivity contribution in [3.8, 4) is 0 Å². The average molecular weight is 377 g/mol. The van der Waals surface area contributed by atoms with E-state index in [0.29, 0.717) is 23.0 Å². The molecule has 0 aromatic heterocycles. The number of amides is 1. The van der Waals surface area contributed by atoms with Gasteiger partial charge in [0.2, 0.25) is 0 Å². The van der Waals surface area contributed by atoms with Crippen molar-refractivity contribution in [1.82, 2.24) is 5.32 Å². The van der Waals surface area contributed by atoms with Crippen molar-refractivity contribution < 1.29 is 14.7 Å². The highest BCUT2D eigenvalue weighted by Gasteiger charge is 2.17. The van der Waals surface area contributed by atoms with Gasteiger partial charge in [-0.25, -0.2) is 0 Å². The minimum Gasteiger partial charge on any atom is -0.481 e. The van der Waals surface area contributed by atoms with Gasteiger partial charge in [-0.3, -0.25) is 9.59 Å². The number of rotatable bonds is 7. The Balaban J connectivity index is 2.65. The van der Waals surface area contributed by atoms with E-state index < -0.39 is 5.97 Å². The highest BCUT2D eigenvalue weighted by molar-refractivity contribution is 9.10. The summed E-state index contributed by atoms with van der Waals surface area (Å²) >= 11 is 9.19. The van der Waals surface area contributed by atoms with Crippen LogP contribution in [0.1, 0.15) is 37.0 Å². The molecular formula is C15H19BrClNO3. The lowest BCUT2D eigenvalue weighted by molar-refractivity contribution is -0.138. The van der Waals surface area contributed by atoms with E-state index in [0.717, 1.165) is 10.9 Å². The average Bonchev–Trinajstić information content (AvgIpc) is 2.32. The predicted octanol–water partition coefficient (Wildman–Crippen LogP) is 3.97. The van der Waals surface area contributed by atoms with E-state index >= 15 is 0 Å². The van der Waals surface area contributed by atoms with E-state index in [9.17, 15) is 9.59 Å². The minimum atomic E-state index is -0.847.